The minimum absolute atomic E-state index is 0.543. The normalized spacial score (nSPS) is 11.0. The third kappa shape index (κ3) is 1.26. The molecular weight excluding hydrogens is 230 g/mol. The summed E-state index contributed by atoms with van der Waals surface area (Å²) in [4.78, 5) is 0. The van der Waals surface area contributed by atoms with E-state index in [0.29, 0.717) is 6.54 Å². The van der Waals surface area contributed by atoms with E-state index >= 15 is 0 Å². The first-order chi connectivity index (χ1) is 6.24. The molecule has 68 valence electrons. The SMILES string of the molecule is Cn1nc2cccc(CN)c2c1Br. The molecule has 1 aromatic carbocycles. The standard InChI is InChI=1S/C9H10BrN3/c1-13-9(10)8-6(5-11)3-2-4-7(8)12-13/h2-4H,5,11H2,1H3. The number of rotatable bonds is 1. The Balaban J connectivity index is 2.87. The molecule has 2 aromatic rings. The second kappa shape index (κ2) is 3.12. The topological polar surface area (TPSA) is 43.8 Å². The summed E-state index contributed by atoms with van der Waals surface area (Å²) >= 11 is 3.49. The number of halogens is 1. The largest absolute Gasteiger partial charge is 0.326 e. The lowest BCUT2D eigenvalue weighted by Crippen LogP contribution is -1.96. The van der Waals surface area contributed by atoms with E-state index in [1.807, 2.05) is 29.9 Å². The second-order valence-electron chi connectivity index (χ2n) is 2.93. The van der Waals surface area contributed by atoms with Gasteiger partial charge in [0.05, 0.1) is 5.52 Å². The quantitative estimate of drug-likeness (QED) is 0.825. The van der Waals surface area contributed by atoms with Gasteiger partial charge in [-0.25, -0.2) is 0 Å². The highest BCUT2D eigenvalue weighted by molar-refractivity contribution is 9.10. The van der Waals surface area contributed by atoms with Gasteiger partial charge in [0.2, 0.25) is 0 Å². The number of nitrogens with two attached hydrogens (primary N) is 1. The van der Waals surface area contributed by atoms with E-state index in [0.717, 1.165) is 21.1 Å². The van der Waals surface area contributed by atoms with Gasteiger partial charge in [-0.15, -0.1) is 0 Å². The summed E-state index contributed by atoms with van der Waals surface area (Å²) in [6.45, 7) is 0.543. The van der Waals surface area contributed by atoms with Gasteiger partial charge in [0.1, 0.15) is 4.60 Å². The van der Waals surface area contributed by atoms with E-state index in [9.17, 15) is 0 Å². The third-order valence-electron chi connectivity index (χ3n) is 2.10. The molecule has 1 heterocycles. The van der Waals surface area contributed by atoms with Crippen LogP contribution in [0, 0.1) is 0 Å². The molecule has 0 saturated carbocycles. The van der Waals surface area contributed by atoms with Crippen LogP contribution >= 0.6 is 15.9 Å². The van der Waals surface area contributed by atoms with Crippen molar-refractivity contribution in [2.45, 2.75) is 6.54 Å². The second-order valence-corrected chi connectivity index (χ2v) is 3.68. The van der Waals surface area contributed by atoms with Gasteiger partial charge in [-0.05, 0) is 27.6 Å². The molecule has 0 atom stereocenters. The number of aryl methyl sites for hydroxylation is 1. The Kier molecular flexibility index (Phi) is 2.09. The molecular formula is C9H10BrN3. The highest BCUT2D eigenvalue weighted by Gasteiger charge is 2.08. The molecule has 3 nitrogen and oxygen atoms in total. The van der Waals surface area contributed by atoms with Crippen LogP contribution in [-0.2, 0) is 13.6 Å². The average molecular weight is 240 g/mol. The molecule has 4 heteroatoms. The predicted molar refractivity (Wildman–Crippen MR) is 56.3 cm³/mol. The number of nitrogens with zero attached hydrogens (tertiary/aromatic N) is 2. The van der Waals surface area contributed by atoms with Crippen molar-refractivity contribution in [1.82, 2.24) is 9.78 Å². The van der Waals surface area contributed by atoms with Crippen LogP contribution in [0.15, 0.2) is 22.8 Å². The van der Waals surface area contributed by atoms with Gasteiger partial charge in [0.15, 0.2) is 0 Å². The zero-order valence-electron chi connectivity index (χ0n) is 7.29. The Labute approximate surface area is 84.7 Å². The molecule has 0 radical (unpaired) electrons. The Morgan fingerprint density at radius 2 is 2.31 bits per heavy atom. The minimum Gasteiger partial charge on any atom is -0.326 e. The van der Waals surface area contributed by atoms with Crippen molar-refractivity contribution >= 4 is 26.8 Å². The molecule has 1 aromatic heterocycles. The van der Waals surface area contributed by atoms with Gasteiger partial charge in [-0.3, -0.25) is 4.68 Å². The number of aromatic nitrogens is 2. The van der Waals surface area contributed by atoms with Crippen LogP contribution in [0.3, 0.4) is 0 Å². The van der Waals surface area contributed by atoms with Crippen molar-refractivity contribution in [2.24, 2.45) is 12.8 Å². The van der Waals surface area contributed by atoms with Crippen LogP contribution in [0.25, 0.3) is 10.9 Å². The molecule has 0 spiro atoms. The molecule has 0 unspecified atom stereocenters. The number of hydrogen-bond acceptors (Lipinski definition) is 2. The van der Waals surface area contributed by atoms with E-state index in [1.54, 1.807) is 0 Å². The Morgan fingerprint density at radius 3 is 3.00 bits per heavy atom. The van der Waals surface area contributed by atoms with Crippen molar-refractivity contribution in [3.63, 3.8) is 0 Å². The number of benzene rings is 1. The monoisotopic (exact) mass is 239 g/mol. The highest BCUT2D eigenvalue weighted by atomic mass is 79.9. The summed E-state index contributed by atoms with van der Waals surface area (Å²) in [7, 11) is 1.91. The Morgan fingerprint density at radius 1 is 1.54 bits per heavy atom. The molecule has 0 aliphatic carbocycles. The maximum absolute atomic E-state index is 5.64. The van der Waals surface area contributed by atoms with Crippen molar-refractivity contribution in [3.05, 3.63) is 28.4 Å². The molecule has 0 fully saturated rings. The van der Waals surface area contributed by atoms with Gasteiger partial charge in [0.25, 0.3) is 0 Å². The maximum atomic E-state index is 5.64. The van der Waals surface area contributed by atoms with Crippen molar-refractivity contribution < 1.29 is 0 Å². The Bertz CT molecular complexity index is 447. The summed E-state index contributed by atoms with van der Waals surface area (Å²) in [5.74, 6) is 0. The molecule has 0 amide bonds. The van der Waals surface area contributed by atoms with Crippen LogP contribution < -0.4 is 5.73 Å². The summed E-state index contributed by atoms with van der Waals surface area (Å²) in [5, 5.41) is 5.45. The molecule has 0 aliphatic heterocycles. The fourth-order valence-corrected chi connectivity index (χ4v) is 1.98. The molecule has 0 bridgehead atoms. The molecule has 13 heavy (non-hydrogen) atoms. The Hall–Kier alpha value is -0.870. The van der Waals surface area contributed by atoms with Crippen LogP contribution in [0.2, 0.25) is 0 Å². The lowest BCUT2D eigenvalue weighted by atomic mass is 10.1. The average Bonchev–Trinajstić information content (AvgIpc) is 2.43. The highest BCUT2D eigenvalue weighted by Crippen LogP contribution is 2.26. The van der Waals surface area contributed by atoms with Crippen LogP contribution in [0.4, 0.5) is 0 Å². The third-order valence-corrected chi connectivity index (χ3v) is 3.01. The number of hydrogen-bond donors (Lipinski definition) is 1. The van der Waals surface area contributed by atoms with E-state index in [1.165, 1.54) is 0 Å². The lowest BCUT2D eigenvalue weighted by molar-refractivity contribution is 0.761. The first kappa shape index (κ1) is 8.72. The summed E-state index contributed by atoms with van der Waals surface area (Å²) in [6.07, 6.45) is 0. The van der Waals surface area contributed by atoms with Gasteiger partial charge in [0, 0.05) is 19.0 Å². The number of fused-ring (bicyclic) bond motifs is 1. The predicted octanol–water partition coefficient (Wildman–Crippen LogP) is 1.79. The zero-order chi connectivity index (χ0) is 9.42. The van der Waals surface area contributed by atoms with E-state index < -0.39 is 0 Å². The van der Waals surface area contributed by atoms with Gasteiger partial charge >= 0.3 is 0 Å². The maximum Gasteiger partial charge on any atom is 0.111 e. The van der Waals surface area contributed by atoms with Crippen LogP contribution in [0.5, 0.6) is 0 Å². The molecule has 0 saturated heterocycles. The fraction of sp³-hybridized carbons (Fsp3) is 0.222. The van der Waals surface area contributed by atoms with Crippen molar-refractivity contribution in [3.8, 4) is 0 Å². The molecule has 0 aliphatic rings. The first-order valence-corrected chi connectivity index (χ1v) is 4.83. The minimum atomic E-state index is 0.543. The summed E-state index contributed by atoms with van der Waals surface area (Å²) in [5.41, 5.74) is 7.74. The van der Waals surface area contributed by atoms with E-state index in [4.69, 9.17) is 5.73 Å². The van der Waals surface area contributed by atoms with Crippen LogP contribution in [0.1, 0.15) is 5.56 Å². The van der Waals surface area contributed by atoms with E-state index in [-0.39, 0.29) is 0 Å². The molecule has 2 N–H and O–H groups in total. The lowest BCUT2D eigenvalue weighted by Gasteiger charge is -1.98. The van der Waals surface area contributed by atoms with E-state index in [2.05, 4.69) is 21.0 Å². The zero-order valence-corrected chi connectivity index (χ0v) is 8.87. The summed E-state index contributed by atoms with van der Waals surface area (Å²) in [6, 6.07) is 5.98. The van der Waals surface area contributed by atoms with Gasteiger partial charge in [-0.2, -0.15) is 5.10 Å². The first-order valence-electron chi connectivity index (χ1n) is 4.04. The van der Waals surface area contributed by atoms with Gasteiger partial charge in [-0.1, -0.05) is 12.1 Å². The van der Waals surface area contributed by atoms with Crippen molar-refractivity contribution in [2.75, 3.05) is 0 Å². The van der Waals surface area contributed by atoms with Gasteiger partial charge < -0.3 is 5.73 Å². The van der Waals surface area contributed by atoms with Crippen LogP contribution in [-0.4, -0.2) is 9.78 Å². The smallest absolute Gasteiger partial charge is 0.111 e. The fourth-order valence-electron chi connectivity index (χ4n) is 1.45. The summed E-state index contributed by atoms with van der Waals surface area (Å²) < 4.78 is 2.80. The molecule has 2 rings (SSSR count). The van der Waals surface area contributed by atoms with Crippen molar-refractivity contribution in [1.29, 1.82) is 0 Å².